The molecular weight excluding hydrogens is 454 g/mol. The molecule has 1 N–H and O–H groups in total. The van der Waals surface area contributed by atoms with Gasteiger partial charge in [-0.3, -0.25) is 0 Å². The summed E-state index contributed by atoms with van der Waals surface area (Å²) in [6, 6.07) is 7.56. The van der Waals surface area contributed by atoms with E-state index in [4.69, 9.17) is 9.47 Å². The maximum Gasteiger partial charge on any atom is 0.416 e. The van der Waals surface area contributed by atoms with Gasteiger partial charge in [0.1, 0.15) is 31.1 Å². The van der Waals surface area contributed by atoms with Crippen molar-refractivity contribution in [3.05, 3.63) is 52.8 Å². The van der Waals surface area contributed by atoms with Crippen molar-refractivity contribution in [2.24, 2.45) is 0 Å². The fourth-order valence-corrected chi connectivity index (χ4v) is 4.63. The van der Waals surface area contributed by atoms with Crippen molar-refractivity contribution in [1.82, 2.24) is 9.97 Å². The molecule has 0 spiro atoms. The second-order valence-electron chi connectivity index (χ2n) is 8.09. The highest BCUT2D eigenvalue weighted by Gasteiger charge is 2.32. The first-order chi connectivity index (χ1) is 15.4. The Hall–Kier alpha value is -2.64. The SMILES string of the molecule is COCCOc1cc2nc(C)nc(NCc3cccc(C(F)(F)F)c3C)c2cc1P(C)(C)=O. The summed E-state index contributed by atoms with van der Waals surface area (Å²) >= 11 is 0. The number of ether oxygens (including phenoxy) is 2. The van der Waals surface area contributed by atoms with Gasteiger partial charge in [-0.25, -0.2) is 9.97 Å². The summed E-state index contributed by atoms with van der Waals surface area (Å²) in [7, 11) is -1.16. The molecule has 3 rings (SSSR count). The Morgan fingerprint density at radius 1 is 1.09 bits per heavy atom. The maximum absolute atomic E-state index is 13.3. The molecule has 0 unspecified atom stereocenters. The average molecular weight is 481 g/mol. The summed E-state index contributed by atoms with van der Waals surface area (Å²) in [6.07, 6.45) is -4.42. The van der Waals surface area contributed by atoms with Gasteiger partial charge in [-0.2, -0.15) is 13.2 Å². The number of benzene rings is 2. The number of rotatable bonds is 8. The third-order valence-corrected chi connectivity index (χ3v) is 6.72. The zero-order valence-electron chi connectivity index (χ0n) is 19.2. The first-order valence-corrected chi connectivity index (χ1v) is 12.9. The standard InChI is InChI=1S/C23H27F3N3O3P/c1-14-16(7-6-8-18(14)23(24,25)26)13-27-22-17-11-21(33(4,5)30)20(32-10-9-31-3)12-19(17)28-15(2)29-22/h6-8,11-12H,9-10,13H2,1-5H3,(H,27,28,29). The summed E-state index contributed by atoms with van der Waals surface area (Å²) in [5.74, 6) is 1.40. The number of halogens is 3. The van der Waals surface area contributed by atoms with E-state index in [2.05, 4.69) is 15.3 Å². The molecule has 0 aliphatic rings. The molecule has 1 heterocycles. The minimum absolute atomic E-state index is 0.138. The quantitative estimate of drug-likeness (QED) is 0.354. The van der Waals surface area contributed by atoms with Crippen LogP contribution in [0.5, 0.6) is 5.75 Å². The van der Waals surface area contributed by atoms with E-state index in [1.54, 1.807) is 45.6 Å². The molecule has 0 bridgehead atoms. The number of nitrogens with zero attached hydrogens (tertiary/aromatic N) is 2. The normalized spacial score (nSPS) is 12.2. The number of methoxy groups -OCH3 is 1. The summed E-state index contributed by atoms with van der Waals surface area (Å²) in [5, 5.41) is 4.30. The molecule has 178 valence electrons. The van der Waals surface area contributed by atoms with Crippen molar-refractivity contribution in [2.75, 3.05) is 39.0 Å². The van der Waals surface area contributed by atoms with Crippen molar-refractivity contribution in [2.45, 2.75) is 26.6 Å². The number of hydrogen-bond acceptors (Lipinski definition) is 6. The largest absolute Gasteiger partial charge is 0.490 e. The van der Waals surface area contributed by atoms with Gasteiger partial charge in [0, 0.05) is 25.1 Å². The van der Waals surface area contributed by atoms with E-state index in [9.17, 15) is 17.7 Å². The first-order valence-electron chi connectivity index (χ1n) is 10.3. The van der Waals surface area contributed by atoms with Crippen molar-refractivity contribution < 1.29 is 27.2 Å². The summed E-state index contributed by atoms with van der Waals surface area (Å²) in [4.78, 5) is 8.92. The lowest BCUT2D eigenvalue weighted by molar-refractivity contribution is -0.138. The molecular formula is C23H27F3N3O3P. The summed E-state index contributed by atoms with van der Waals surface area (Å²) in [5.41, 5.74) is 0.582. The number of anilines is 1. The van der Waals surface area contributed by atoms with Gasteiger partial charge < -0.3 is 19.4 Å². The minimum atomic E-state index is -4.42. The molecule has 0 aliphatic carbocycles. The Labute approximate surface area is 190 Å². The number of aryl methyl sites for hydroxylation is 1. The number of hydrogen-bond donors (Lipinski definition) is 1. The predicted octanol–water partition coefficient (Wildman–Crippen LogP) is 5.15. The number of fused-ring (bicyclic) bond motifs is 1. The Morgan fingerprint density at radius 3 is 2.45 bits per heavy atom. The molecule has 0 atom stereocenters. The van der Waals surface area contributed by atoms with Gasteiger partial charge in [-0.05, 0) is 50.4 Å². The average Bonchev–Trinajstić information content (AvgIpc) is 2.70. The van der Waals surface area contributed by atoms with E-state index in [1.165, 1.54) is 13.0 Å². The van der Waals surface area contributed by atoms with E-state index in [0.29, 0.717) is 52.4 Å². The smallest absolute Gasteiger partial charge is 0.416 e. The maximum atomic E-state index is 13.3. The molecule has 0 aliphatic heterocycles. The molecule has 3 aromatic rings. The van der Waals surface area contributed by atoms with Crippen LogP contribution in [0.25, 0.3) is 10.9 Å². The second kappa shape index (κ2) is 9.69. The second-order valence-corrected chi connectivity index (χ2v) is 11.3. The predicted molar refractivity (Wildman–Crippen MR) is 124 cm³/mol. The van der Waals surface area contributed by atoms with Crippen LogP contribution in [0.3, 0.4) is 0 Å². The summed E-state index contributed by atoms with van der Waals surface area (Å²) in [6.45, 7) is 7.27. The third kappa shape index (κ3) is 5.84. The number of aromatic nitrogens is 2. The molecule has 10 heteroatoms. The zero-order chi connectivity index (χ0) is 24.4. The van der Waals surface area contributed by atoms with Crippen LogP contribution >= 0.6 is 7.14 Å². The first kappa shape index (κ1) is 25.0. The number of alkyl halides is 3. The highest BCUT2D eigenvalue weighted by molar-refractivity contribution is 7.70. The van der Waals surface area contributed by atoms with E-state index in [1.807, 2.05) is 0 Å². The van der Waals surface area contributed by atoms with E-state index < -0.39 is 18.9 Å². The van der Waals surface area contributed by atoms with Crippen LogP contribution < -0.4 is 15.4 Å². The van der Waals surface area contributed by atoms with Crippen molar-refractivity contribution >= 4 is 29.2 Å². The zero-order valence-corrected chi connectivity index (χ0v) is 20.1. The van der Waals surface area contributed by atoms with Crippen LogP contribution in [-0.2, 0) is 22.0 Å². The molecule has 6 nitrogen and oxygen atoms in total. The van der Waals surface area contributed by atoms with Gasteiger partial charge in [-0.1, -0.05) is 12.1 Å². The van der Waals surface area contributed by atoms with Crippen LogP contribution in [-0.4, -0.2) is 43.6 Å². The molecule has 0 saturated carbocycles. The Balaban J connectivity index is 2.03. The van der Waals surface area contributed by atoms with E-state index in [-0.39, 0.29) is 12.1 Å². The van der Waals surface area contributed by atoms with Crippen LogP contribution in [0.1, 0.15) is 22.5 Å². The molecule has 1 aromatic heterocycles. The van der Waals surface area contributed by atoms with Gasteiger partial charge in [0.25, 0.3) is 0 Å². The Bertz CT molecular complexity index is 1210. The minimum Gasteiger partial charge on any atom is -0.490 e. The highest BCUT2D eigenvalue weighted by Crippen LogP contribution is 2.41. The molecule has 0 fully saturated rings. The lowest BCUT2D eigenvalue weighted by atomic mass is 10.0. The molecule has 0 amide bonds. The van der Waals surface area contributed by atoms with Gasteiger partial charge in [-0.15, -0.1) is 0 Å². The van der Waals surface area contributed by atoms with Crippen LogP contribution in [0.4, 0.5) is 19.0 Å². The Kier molecular flexibility index (Phi) is 7.34. The molecule has 33 heavy (non-hydrogen) atoms. The molecule has 2 aromatic carbocycles. The Morgan fingerprint density at radius 2 is 1.82 bits per heavy atom. The van der Waals surface area contributed by atoms with Crippen LogP contribution in [0, 0.1) is 13.8 Å². The van der Waals surface area contributed by atoms with Crippen molar-refractivity contribution in [3.8, 4) is 5.75 Å². The summed E-state index contributed by atoms with van der Waals surface area (Å²) < 4.78 is 63.6. The third-order valence-electron chi connectivity index (χ3n) is 5.21. The van der Waals surface area contributed by atoms with E-state index in [0.717, 1.165) is 6.07 Å². The van der Waals surface area contributed by atoms with Crippen molar-refractivity contribution in [3.63, 3.8) is 0 Å². The van der Waals surface area contributed by atoms with Gasteiger partial charge in [0.15, 0.2) is 0 Å². The van der Waals surface area contributed by atoms with Crippen LogP contribution in [0.15, 0.2) is 30.3 Å². The fourth-order valence-electron chi connectivity index (χ4n) is 3.53. The molecule has 0 saturated heterocycles. The van der Waals surface area contributed by atoms with Gasteiger partial charge in [0.05, 0.1) is 23.0 Å². The van der Waals surface area contributed by atoms with Crippen LogP contribution in [0.2, 0.25) is 0 Å². The lowest BCUT2D eigenvalue weighted by Gasteiger charge is -2.18. The topological polar surface area (TPSA) is 73.3 Å². The monoisotopic (exact) mass is 481 g/mol. The highest BCUT2D eigenvalue weighted by atomic mass is 31.2. The van der Waals surface area contributed by atoms with Crippen molar-refractivity contribution in [1.29, 1.82) is 0 Å². The fraction of sp³-hybridized carbons (Fsp3) is 0.391. The number of nitrogens with one attached hydrogen (secondary N) is 1. The molecule has 0 radical (unpaired) electrons. The van der Waals surface area contributed by atoms with Gasteiger partial charge in [0.2, 0.25) is 0 Å². The van der Waals surface area contributed by atoms with E-state index >= 15 is 0 Å². The van der Waals surface area contributed by atoms with Gasteiger partial charge >= 0.3 is 6.18 Å². The lowest BCUT2D eigenvalue weighted by Crippen LogP contribution is -2.14.